The molecule has 1 atom stereocenters. The molecule has 0 aliphatic carbocycles. The number of fused-ring (bicyclic) bond motifs is 1. The summed E-state index contributed by atoms with van der Waals surface area (Å²) in [5.41, 5.74) is 2.01. The number of aryl methyl sites for hydroxylation is 1. The highest BCUT2D eigenvalue weighted by Gasteiger charge is 2.36. The zero-order chi connectivity index (χ0) is 20.2. The van der Waals surface area contributed by atoms with E-state index < -0.39 is 0 Å². The summed E-state index contributed by atoms with van der Waals surface area (Å²) in [5.74, 6) is 0.424. The SMILES string of the molecule is COc1ccccc1CCCNC(=O)C1CC(=O)N(c2nc3ccccc3s2)C1. The van der Waals surface area contributed by atoms with Crippen LogP contribution in [0.1, 0.15) is 18.4 Å². The number of carbonyl (C=O) groups excluding carboxylic acids is 2. The number of thiazole rings is 1. The molecule has 150 valence electrons. The molecule has 3 aromatic rings. The van der Waals surface area contributed by atoms with Gasteiger partial charge in [0.15, 0.2) is 5.13 Å². The topological polar surface area (TPSA) is 71.5 Å². The number of para-hydroxylation sites is 2. The van der Waals surface area contributed by atoms with Crippen molar-refractivity contribution in [3.8, 4) is 5.75 Å². The number of amides is 2. The van der Waals surface area contributed by atoms with Crippen molar-refractivity contribution in [3.63, 3.8) is 0 Å². The van der Waals surface area contributed by atoms with Crippen molar-refractivity contribution in [2.45, 2.75) is 19.3 Å². The van der Waals surface area contributed by atoms with Crippen molar-refractivity contribution in [3.05, 3.63) is 54.1 Å². The van der Waals surface area contributed by atoms with Crippen molar-refractivity contribution in [1.29, 1.82) is 0 Å². The molecule has 7 heteroatoms. The number of rotatable bonds is 7. The van der Waals surface area contributed by atoms with E-state index in [1.54, 1.807) is 12.0 Å². The number of nitrogens with one attached hydrogen (secondary N) is 1. The van der Waals surface area contributed by atoms with Gasteiger partial charge >= 0.3 is 0 Å². The van der Waals surface area contributed by atoms with E-state index in [2.05, 4.69) is 10.3 Å². The minimum absolute atomic E-state index is 0.0433. The Morgan fingerprint density at radius 2 is 2.03 bits per heavy atom. The first-order chi connectivity index (χ1) is 14.2. The average molecular weight is 410 g/mol. The van der Waals surface area contributed by atoms with E-state index in [1.165, 1.54) is 11.3 Å². The molecule has 1 aliphatic rings. The Morgan fingerprint density at radius 1 is 1.24 bits per heavy atom. The number of ether oxygens (including phenoxy) is 1. The summed E-state index contributed by atoms with van der Waals surface area (Å²) in [4.78, 5) is 31.2. The first-order valence-corrected chi connectivity index (χ1v) is 10.5. The van der Waals surface area contributed by atoms with Crippen LogP contribution < -0.4 is 15.0 Å². The standard InChI is InChI=1S/C22H23N3O3S/c1-28-18-10-4-2-7-15(18)8-6-12-23-21(27)16-13-20(26)25(14-16)22-24-17-9-3-5-11-19(17)29-22/h2-5,7,9-11,16H,6,8,12-14H2,1H3,(H,23,27). The average Bonchev–Trinajstić information content (AvgIpc) is 3.34. The van der Waals surface area contributed by atoms with E-state index in [1.807, 2.05) is 48.5 Å². The molecule has 0 bridgehead atoms. The maximum Gasteiger partial charge on any atom is 0.229 e. The second-order valence-electron chi connectivity index (χ2n) is 7.08. The van der Waals surface area contributed by atoms with E-state index in [9.17, 15) is 9.59 Å². The quantitative estimate of drug-likeness (QED) is 0.607. The van der Waals surface area contributed by atoms with Crippen molar-refractivity contribution in [2.75, 3.05) is 25.1 Å². The Labute approximate surface area is 173 Å². The minimum atomic E-state index is -0.333. The third-order valence-corrected chi connectivity index (χ3v) is 6.18. The monoisotopic (exact) mass is 409 g/mol. The van der Waals surface area contributed by atoms with Gasteiger partial charge in [0.25, 0.3) is 0 Å². The maximum absolute atomic E-state index is 12.5. The van der Waals surface area contributed by atoms with Crippen molar-refractivity contribution >= 4 is 38.5 Å². The van der Waals surface area contributed by atoms with E-state index in [4.69, 9.17) is 4.74 Å². The number of carbonyl (C=O) groups is 2. The van der Waals surface area contributed by atoms with Gasteiger partial charge in [0.2, 0.25) is 11.8 Å². The fourth-order valence-corrected chi connectivity index (χ4v) is 4.58. The van der Waals surface area contributed by atoms with Crippen LogP contribution in [0, 0.1) is 5.92 Å². The van der Waals surface area contributed by atoms with Gasteiger partial charge in [-0.25, -0.2) is 4.98 Å². The highest BCUT2D eigenvalue weighted by molar-refractivity contribution is 7.22. The van der Waals surface area contributed by atoms with Gasteiger partial charge in [-0.15, -0.1) is 0 Å². The fourth-order valence-electron chi connectivity index (χ4n) is 3.59. The first kappa shape index (κ1) is 19.4. The third kappa shape index (κ3) is 4.24. The summed E-state index contributed by atoms with van der Waals surface area (Å²) in [7, 11) is 1.66. The van der Waals surface area contributed by atoms with E-state index in [0.29, 0.717) is 18.2 Å². The molecule has 0 radical (unpaired) electrons. The lowest BCUT2D eigenvalue weighted by molar-refractivity contribution is -0.126. The summed E-state index contributed by atoms with van der Waals surface area (Å²) in [5, 5.41) is 3.64. The van der Waals surface area contributed by atoms with Crippen molar-refractivity contribution in [2.24, 2.45) is 5.92 Å². The number of nitrogens with zero attached hydrogens (tertiary/aromatic N) is 2. The molecule has 4 rings (SSSR count). The fraction of sp³-hybridized carbons (Fsp3) is 0.318. The predicted octanol–water partition coefficient (Wildman–Crippen LogP) is 3.41. The van der Waals surface area contributed by atoms with E-state index in [0.717, 1.165) is 34.4 Å². The maximum atomic E-state index is 12.5. The Kier molecular flexibility index (Phi) is 5.76. The number of methoxy groups -OCH3 is 1. The molecule has 2 heterocycles. The molecular weight excluding hydrogens is 386 g/mol. The molecule has 1 aromatic heterocycles. The Bertz CT molecular complexity index is 1000. The smallest absolute Gasteiger partial charge is 0.229 e. The molecule has 1 N–H and O–H groups in total. The van der Waals surface area contributed by atoms with Crippen molar-refractivity contribution in [1.82, 2.24) is 10.3 Å². The van der Waals surface area contributed by atoms with Crippen LogP contribution in [-0.2, 0) is 16.0 Å². The molecular formula is C22H23N3O3S. The Morgan fingerprint density at radius 3 is 2.86 bits per heavy atom. The molecule has 29 heavy (non-hydrogen) atoms. The van der Waals surface area contributed by atoms with Crippen LogP contribution in [0.5, 0.6) is 5.75 Å². The second kappa shape index (κ2) is 8.61. The Hall–Kier alpha value is -2.93. The molecule has 6 nitrogen and oxygen atoms in total. The van der Waals surface area contributed by atoms with Gasteiger partial charge < -0.3 is 10.1 Å². The number of hydrogen-bond donors (Lipinski definition) is 1. The van der Waals surface area contributed by atoms with Crippen molar-refractivity contribution < 1.29 is 14.3 Å². The number of hydrogen-bond acceptors (Lipinski definition) is 5. The van der Waals surface area contributed by atoms with E-state index >= 15 is 0 Å². The third-order valence-electron chi connectivity index (χ3n) is 5.12. The van der Waals surface area contributed by atoms with Crippen LogP contribution in [-0.4, -0.2) is 37.0 Å². The first-order valence-electron chi connectivity index (χ1n) is 9.71. The molecule has 2 aromatic carbocycles. The number of aromatic nitrogens is 1. The highest BCUT2D eigenvalue weighted by Crippen LogP contribution is 2.32. The lowest BCUT2D eigenvalue weighted by atomic mass is 10.1. The molecule has 1 unspecified atom stereocenters. The van der Waals surface area contributed by atoms with Gasteiger partial charge in [-0.3, -0.25) is 14.5 Å². The summed E-state index contributed by atoms with van der Waals surface area (Å²) >= 11 is 1.49. The van der Waals surface area contributed by atoms with Gasteiger partial charge in [0.1, 0.15) is 5.75 Å². The van der Waals surface area contributed by atoms with Crippen LogP contribution in [0.15, 0.2) is 48.5 Å². The van der Waals surface area contributed by atoms with Crippen LogP contribution in [0.25, 0.3) is 10.2 Å². The second-order valence-corrected chi connectivity index (χ2v) is 8.09. The number of benzene rings is 2. The summed E-state index contributed by atoms with van der Waals surface area (Å²) in [6.45, 7) is 0.958. The van der Waals surface area contributed by atoms with Gasteiger partial charge in [-0.05, 0) is 36.6 Å². The van der Waals surface area contributed by atoms with Gasteiger partial charge in [-0.1, -0.05) is 41.7 Å². The molecule has 2 amide bonds. The Balaban J connectivity index is 1.30. The molecule has 1 fully saturated rings. The normalized spacial score (nSPS) is 16.4. The lowest BCUT2D eigenvalue weighted by Crippen LogP contribution is -2.33. The summed E-state index contributed by atoms with van der Waals surface area (Å²) in [6, 6.07) is 15.7. The largest absolute Gasteiger partial charge is 0.496 e. The molecule has 1 saturated heterocycles. The molecule has 1 aliphatic heterocycles. The highest BCUT2D eigenvalue weighted by atomic mass is 32.1. The number of anilines is 1. The minimum Gasteiger partial charge on any atom is -0.496 e. The molecule has 0 saturated carbocycles. The summed E-state index contributed by atoms with van der Waals surface area (Å²) < 4.78 is 6.40. The van der Waals surface area contributed by atoms with Gasteiger partial charge in [0, 0.05) is 19.5 Å². The van der Waals surface area contributed by atoms with Gasteiger partial charge in [-0.2, -0.15) is 0 Å². The lowest BCUT2D eigenvalue weighted by Gasteiger charge is -2.13. The predicted molar refractivity (Wildman–Crippen MR) is 114 cm³/mol. The van der Waals surface area contributed by atoms with Crippen LogP contribution >= 0.6 is 11.3 Å². The zero-order valence-electron chi connectivity index (χ0n) is 16.3. The zero-order valence-corrected chi connectivity index (χ0v) is 17.1. The summed E-state index contributed by atoms with van der Waals surface area (Å²) in [6.07, 6.45) is 1.87. The van der Waals surface area contributed by atoms with Crippen LogP contribution in [0.4, 0.5) is 5.13 Å². The van der Waals surface area contributed by atoms with Crippen LogP contribution in [0.2, 0.25) is 0 Å². The van der Waals surface area contributed by atoms with Crippen LogP contribution in [0.3, 0.4) is 0 Å². The van der Waals surface area contributed by atoms with Gasteiger partial charge in [0.05, 0.1) is 23.2 Å². The van der Waals surface area contributed by atoms with E-state index in [-0.39, 0.29) is 24.2 Å². The molecule has 0 spiro atoms.